The summed E-state index contributed by atoms with van der Waals surface area (Å²) >= 11 is 0. The van der Waals surface area contributed by atoms with Crippen molar-refractivity contribution in [2.24, 2.45) is 0 Å². The third-order valence-electron chi connectivity index (χ3n) is 4.51. The molecule has 0 unspecified atom stereocenters. The summed E-state index contributed by atoms with van der Waals surface area (Å²) in [7, 11) is -4.17. The molecule has 1 atom stereocenters. The summed E-state index contributed by atoms with van der Waals surface area (Å²) in [5.74, 6) is -0.698. The maximum absolute atomic E-state index is 12.6. The Kier molecular flexibility index (Phi) is 9.72. The van der Waals surface area contributed by atoms with Crippen molar-refractivity contribution in [3.63, 3.8) is 0 Å². The van der Waals surface area contributed by atoms with Gasteiger partial charge in [0.1, 0.15) is 18.2 Å². The predicted octanol–water partition coefficient (Wildman–Crippen LogP) is 3.29. The Bertz CT molecular complexity index is 1130. The van der Waals surface area contributed by atoms with Crippen LogP contribution in [0.25, 0.3) is 0 Å². The number of nitro benzene ring substituents is 1. The number of hydrogen-bond acceptors (Lipinski definition) is 8. The fraction of sp³-hybridized carbons (Fsp3) is 0.391. The molecule has 0 aromatic heterocycles. The first-order valence-electron chi connectivity index (χ1n) is 10.8. The maximum atomic E-state index is 12.6. The molecule has 190 valence electrons. The van der Waals surface area contributed by atoms with Crippen LogP contribution in [-0.4, -0.2) is 43.6 Å². The molecule has 12 heteroatoms. The van der Waals surface area contributed by atoms with Gasteiger partial charge in [0.2, 0.25) is 10.0 Å². The van der Waals surface area contributed by atoms with E-state index in [1.807, 2.05) is 6.07 Å². The zero-order valence-electron chi connectivity index (χ0n) is 19.7. The number of para-hydroxylation sites is 1. The number of carbonyl (C=O) groups excluding carboxylic acids is 2. The lowest BCUT2D eigenvalue weighted by atomic mass is 10.1. The molecule has 0 saturated heterocycles. The number of rotatable bonds is 11. The van der Waals surface area contributed by atoms with Gasteiger partial charge in [0.05, 0.1) is 4.92 Å². The quantitative estimate of drug-likeness (QED) is 0.203. The molecule has 2 aromatic rings. The van der Waals surface area contributed by atoms with Crippen molar-refractivity contribution < 1.29 is 32.4 Å². The van der Waals surface area contributed by atoms with E-state index in [9.17, 15) is 28.1 Å². The van der Waals surface area contributed by atoms with E-state index in [2.05, 4.69) is 10.0 Å². The lowest BCUT2D eigenvalue weighted by molar-refractivity contribution is -0.387. The van der Waals surface area contributed by atoms with Crippen LogP contribution in [0.5, 0.6) is 0 Å². The van der Waals surface area contributed by atoms with Gasteiger partial charge in [-0.1, -0.05) is 42.5 Å². The Morgan fingerprint density at radius 2 is 1.69 bits per heavy atom. The summed E-state index contributed by atoms with van der Waals surface area (Å²) in [4.78, 5) is 34.7. The maximum Gasteiger partial charge on any atom is 0.408 e. The van der Waals surface area contributed by atoms with Crippen molar-refractivity contribution in [2.75, 3.05) is 6.54 Å². The van der Waals surface area contributed by atoms with Gasteiger partial charge < -0.3 is 14.8 Å². The Labute approximate surface area is 204 Å². The predicted molar refractivity (Wildman–Crippen MR) is 127 cm³/mol. The zero-order valence-corrected chi connectivity index (χ0v) is 20.5. The van der Waals surface area contributed by atoms with E-state index in [1.165, 1.54) is 12.1 Å². The number of ether oxygens (including phenoxy) is 2. The summed E-state index contributed by atoms with van der Waals surface area (Å²) in [6.45, 7) is 4.90. The second kappa shape index (κ2) is 12.3. The fourth-order valence-electron chi connectivity index (χ4n) is 2.95. The van der Waals surface area contributed by atoms with E-state index < -0.39 is 49.2 Å². The van der Waals surface area contributed by atoms with Crippen LogP contribution in [0.15, 0.2) is 59.5 Å². The minimum absolute atomic E-state index is 0.00334. The molecular formula is C23H29N3O8S. The summed E-state index contributed by atoms with van der Waals surface area (Å²) in [5, 5.41) is 13.6. The van der Waals surface area contributed by atoms with Crippen LogP contribution >= 0.6 is 0 Å². The third-order valence-corrected chi connectivity index (χ3v) is 6.02. The van der Waals surface area contributed by atoms with Gasteiger partial charge in [-0.25, -0.2) is 22.7 Å². The highest BCUT2D eigenvalue weighted by molar-refractivity contribution is 7.89. The highest BCUT2D eigenvalue weighted by Crippen LogP contribution is 2.22. The van der Waals surface area contributed by atoms with Gasteiger partial charge in [-0.15, -0.1) is 0 Å². The Morgan fingerprint density at radius 3 is 2.31 bits per heavy atom. The van der Waals surface area contributed by atoms with Gasteiger partial charge >= 0.3 is 12.1 Å². The number of esters is 1. The van der Waals surface area contributed by atoms with Gasteiger partial charge in [-0.2, -0.15) is 0 Å². The monoisotopic (exact) mass is 507 g/mol. The first-order chi connectivity index (χ1) is 16.4. The molecule has 0 bridgehead atoms. The van der Waals surface area contributed by atoms with E-state index in [0.29, 0.717) is 0 Å². The van der Waals surface area contributed by atoms with E-state index in [-0.39, 0.29) is 26.0 Å². The summed E-state index contributed by atoms with van der Waals surface area (Å²) < 4.78 is 37.8. The Hall–Kier alpha value is -3.51. The van der Waals surface area contributed by atoms with Crippen molar-refractivity contribution in [3.8, 4) is 0 Å². The molecule has 1 amide bonds. The zero-order chi connectivity index (χ0) is 26.1. The normalized spacial score (nSPS) is 12.4. The number of sulfonamides is 1. The van der Waals surface area contributed by atoms with E-state index in [4.69, 9.17) is 9.47 Å². The van der Waals surface area contributed by atoms with Crippen molar-refractivity contribution in [2.45, 2.75) is 56.8 Å². The Morgan fingerprint density at radius 1 is 1.06 bits per heavy atom. The molecule has 2 aromatic carbocycles. The molecule has 0 saturated carbocycles. The van der Waals surface area contributed by atoms with E-state index in [1.54, 1.807) is 45.0 Å². The smallest absolute Gasteiger partial charge is 0.408 e. The summed E-state index contributed by atoms with van der Waals surface area (Å²) in [6.07, 6.45) is -0.664. The molecule has 0 aliphatic carbocycles. The third kappa shape index (κ3) is 9.33. The second-order valence-electron chi connectivity index (χ2n) is 8.56. The average molecular weight is 508 g/mol. The summed E-state index contributed by atoms with van der Waals surface area (Å²) in [5.41, 5.74) is -0.589. The van der Waals surface area contributed by atoms with Crippen molar-refractivity contribution >= 4 is 27.8 Å². The number of benzene rings is 2. The van der Waals surface area contributed by atoms with Crippen molar-refractivity contribution in [1.82, 2.24) is 10.0 Å². The highest BCUT2D eigenvalue weighted by Gasteiger charge is 2.28. The minimum atomic E-state index is -4.17. The van der Waals surface area contributed by atoms with Crippen LogP contribution in [-0.2, 0) is 30.9 Å². The second-order valence-corrected chi connectivity index (χ2v) is 10.3. The number of nitro groups is 1. The number of carbonyl (C=O) groups is 2. The molecule has 0 fully saturated rings. The number of amides is 1. The number of nitrogens with one attached hydrogen (secondary N) is 2. The van der Waals surface area contributed by atoms with E-state index in [0.717, 1.165) is 17.7 Å². The van der Waals surface area contributed by atoms with Crippen molar-refractivity contribution in [1.29, 1.82) is 0 Å². The highest BCUT2D eigenvalue weighted by atomic mass is 32.2. The molecule has 35 heavy (non-hydrogen) atoms. The first kappa shape index (κ1) is 27.7. The lowest BCUT2D eigenvalue weighted by Gasteiger charge is -2.24. The standard InChI is InChI=1S/C23H29N3O8S/c1-23(2,3)34-21(27)18(25-22(28)33-16-17-10-5-4-6-11-17)12-9-15-24-35(31,32)20-14-8-7-13-19(20)26(29)30/h4-8,10-11,13-14,18,24H,9,12,15-16H2,1-3H3,(H,25,28)/t18-/m0/s1. The molecule has 2 N–H and O–H groups in total. The molecule has 0 aliphatic rings. The SMILES string of the molecule is CC(C)(C)OC(=O)[C@H](CCCNS(=O)(=O)c1ccccc1[N+](=O)[O-])NC(=O)OCc1ccccc1. The molecule has 11 nitrogen and oxygen atoms in total. The Balaban J connectivity index is 1.98. The largest absolute Gasteiger partial charge is 0.458 e. The number of nitrogens with zero attached hydrogens (tertiary/aromatic N) is 1. The number of hydrogen-bond donors (Lipinski definition) is 2. The van der Waals surface area contributed by atoms with Crippen LogP contribution in [0.1, 0.15) is 39.2 Å². The van der Waals surface area contributed by atoms with Gasteiger partial charge in [0.25, 0.3) is 5.69 Å². The van der Waals surface area contributed by atoms with Gasteiger partial charge in [-0.05, 0) is 45.2 Å². The molecule has 0 aliphatic heterocycles. The van der Waals surface area contributed by atoms with Crippen LogP contribution < -0.4 is 10.0 Å². The topological polar surface area (TPSA) is 154 Å². The van der Waals surface area contributed by atoms with Crippen LogP contribution in [0, 0.1) is 10.1 Å². The van der Waals surface area contributed by atoms with E-state index >= 15 is 0 Å². The van der Waals surface area contributed by atoms with Crippen molar-refractivity contribution in [3.05, 3.63) is 70.3 Å². The van der Waals surface area contributed by atoms with Crippen LogP contribution in [0.3, 0.4) is 0 Å². The molecule has 2 rings (SSSR count). The van der Waals surface area contributed by atoms with Crippen LogP contribution in [0.4, 0.5) is 10.5 Å². The average Bonchev–Trinajstić information content (AvgIpc) is 2.79. The molecular weight excluding hydrogens is 478 g/mol. The molecule has 0 radical (unpaired) electrons. The first-order valence-corrected chi connectivity index (χ1v) is 12.3. The molecule has 0 spiro atoms. The minimum Gasteiger partial charge on any atom is -0.458 e. The van der Waals surface area contributed by atoms with Crippen LogP contribution in [0.2, 0.25) is 0 Å². The van der Waals surface area contributed by atoms with Gasteiger partial charge in [-0.3, -0.25) is 10.1 Å². The fourth-order valence-corrected chi connectivity index (χ4v) is 4.20. The number of alkyl carbamates (subject to hydrolysis) is 1. The van der Waals surface area contributed by atoms with Gasteiger partial charge in [0, 0.05) is 12.6 Å². The molecule has 0 heterocycles. The van der Waals surface area contributed by atoms with Gasteiger partial charge in [0.15, 0.2) is 4.90 Å². The lowest BCUT2D eigenvalue weighted by Crippen LogP contribution is -2.44. The summed E-state index contributed by atoms with van der Waals surface area (Å²) in [6, 6.07) is 12.9.